The third-order valence-electron chi connectivity index (χ3n) is 5.87. The molecule has 0 atom stereocenters. The Labute approximate surface area is 207 Å². The molecular weight excluding hydrogens is 468 g/mol. The maximum Gasteiger partial charge on any atom is 0.309 e. The quantitative estimate of drug-likeness (QED) is 0.433. The number of benzene rings is 1. The predicted molar refractivity (Wildman–Crippen MR) is 136 cm³/mol. The molecule has 4 rings (SSSR count). The number of aromatic nitrogens is 2. The maximum absolute atomic E-state index is 12.7. The number of thiophene rings is 1. The third kappa shape index (κ3) is 6.07. The minimum Gasteiger partial charge on any atom is -0.493 e. The topological polar surface area (TPSA) is 114 Å². The smallest absolute Gasteiger partial charge is 0.309 e. The van der Waals surface area contributed by atoms with Gasteiger partial charge in [-0.25, -0.2) is 4.98 Å². The zero-order valence-corrected chi connectivity index (χ0v) is 20.8. The number of likely N-dealkylation sites (tertiary alicyclic amines) is 1. The van der Waals surface area contributed by atoms with Crippen LogP contribution in [0.1, 0.15) is 33.1 Å². The van der Waals surface area contributed by atoms with E-state index >= 15 is 0 Å². The molecule has 1 aliphatic rings. The Morgan fingerprint density at radius 1 is 1.23 bits per heavy atom. The summed E-state index contributed by atoms with van der Waals surface area (Å²) in [6.45, 7) is 6.28. The molecule has 0 radical (unpaired) electrons. The predicted octanol–water partition coefficient (Wildman–Crippen LogP) is 3.65. The van der Waals surface area contributed by atoms with Gasteiger partial charge in [0.25, 0.3) is 5.56 Å². The Hall–Kier alpha value is -3.24. The van der Waals surface area contributed by atoms with E-state index in [4.69, 9.17) is 9.47 Å². The number of anilines is 1. The molecule has 10 heteroatoms. The van der Waals surface area contributed by atoms with Crippen LogP contribution in [-0.4, -0.2) is 59.6 Å². The summed E-state index contributed by atoms with van der Waals surface area (Å²) in [5.41, 5.74) is 1.61. The molecule has 1 aliphatic heterocycles. The monoisotopic (exact) mass is 498 g/mol. The molecule has 0 unspecified atom stereocenters. The summed E-state index contributed by atoms with van der Waals surface area (Å²) in [4.78, 5) is 46.7. The third-order valence-corrected chi connectivity index (χ3v) is 6.77. The van der Waals surface area contributed by atoms with Crippen molar-refractivity contribution in [3.05, 3.63) is 40.0 Å². The van der Waals surface area contributed by atoms with Crippen molar-refractivity contribution >= 4 is 39.1 Å². The SMILES string of the molecule is CCCOc1ccc(NC(=O)CN2CCC(C(=O)OCC)CC2)cc1-c1nc2ccsc2c(=O)[nH]1. The molecule has 2 N–H and O–H groups in total. The van der Waals surface area contributed by atoms with Gasteiger partial charge in [0.05, 0.1) is 36.8 Å². The maximum atomic E-state index is 12.7. The van der Waals surface area contributed by atoms with Gasteiger partial charge in [0.1, 0.15) is 16.3 Å². The number of piperidine rings is 1. The summed E-state index contributed by atoms with van der Waals surface area (Å²) >= 11 is 1.34. The lowest BCUT2D eigenvalue weighted by Crippen LogP contribution is -2.41. The standard InChI is InChI=1S/C25H30N4O5S/c1-3-12-34-20-6-5-17(14-18(20)23-27-19-9-13-35-22(19)24(31)28-23)26-21(30)15-29-10-7-16(8-11-29)25(32)33-4-2/h5-6,9,13-14,16H,3-4,7-8,10-12,15H2,1-2H3,(H,26,30)(H,27,28,31). The van der Waals surface area contributed by atoms with Crippen molar-refractivity contribution in [3.63, 3.8) is 0 Å². The van der Waals surface area contributed by atoms with E-state index in [9.17, 15) is 14.4 Å². The second-order valence-corrected chi connectivity index (χ2v) is 9.38. The van der Waals surface area contributed by atoms with Crippen LogP contribution in [0.5, 0.6) is 5.75 Å². The van der Waals surface area contributed by atoms with Crippen LogP contribution in [0, 0.1) is 5.92 Å². The Kier molecular flexibility index (Phi) is 8.14. The van der Waals surface area contributed by atoms with Gasteiger partial charge in [-0.1, -0.05) is 6.92 Å². The van der Waals surface area contributed by atoms with Gasteiger partial charge < -0.3 is 19.8 Å². The van der Waals surface area contributed by atoms with Crippen LogP contribution in [0.2, 0.25) is 0 Å². The van der Waals surface area contributed by atoms with E-state index in [0.29, 0.717) is 72.2 Å². The zero-order chi connectivity index (χ0) is 24.8. The molecule has 0 spiro atoms. The number of carbonyl (C=O) groups excluding carboxylic acids is 2. The molecule has 9 nitrogen and oxygen atoms in total. The largest absolute Gasteiger partial charge is 0.493 e. The van der Waals surface area contributed by atoms with Crippen LogP contribution in [0.3, 0.4) is 0 Å². The lowest BCUT2D eigenvalue weighted by molar-refractivity contribution is -0.149. The van der Waals surface area contributed by atoms with E-state index in [1.165, 1.54) is 11.3 Å². The second-order valence-electron chi connectivity index (χ2n) is 8.46. The van der Waals surface area contributed by atoms with Gasteiger partial charge in [-0.3, -0.25) is 19.3 Å². The van der Waals surface area contributed by atoms with Gasteiger partial charge in [0.15, 0.2) is 0 Å². The van der Waals surface area contributed by atoms with E-state index in [0.717, 1.165) is 6.42 Å². The van der Waals surface area contributed by atoms with Crippen LogP contribution in [0.15, 0.2) is 34.4 Å². The number of nitrogens with one attached hydrogen (secondary N) is 2. The average Bonchev–Trinajstić information content (AvgIpc) is 3.33. The van der Waals surface area contributed by atoms with Crippen LogP contribution < -0.4 is 15.6 Å². The number of carbonyl (C=O) groups is 2. The van der Waals surface area contributed by atoms with Crippen molar-refractivity contribution in [2.75, 3.05) is 38.2 Å². The first-order valence-electron chi connectivity index (χ1n) is 11.9. The first kappa shape index (κ1) is 24.9. The first-order chi connectivity index (χ1) is 17.0. The number of nitrogens with zero attached hydrogens (tertiary/aromatic N) is 2. The van der Waals surface area contributed by atoms with Crippen molar-refractivity contribution in [1.82, 2.24) is 14.9 Å². The van der Waals surface area contributed by atoms with E-state index in [1.807, 2.05) is 23.3 Å². The fourth-order valence-corrected chi connectivity index (χ4v) is 4.85. The number of aromatic amines is 1. The Morgan fingerprint density at radius 3 is 2.77 bits per heavy atom. The fraction of sp³-hybridized carbons (Fsp3) is 0.440. The highest BCUT2D eigenvalue weighted by atomic mass is 32.1. The highest BCUT2D eigenvalue weighted by Gasteiger charge is 2.26. The molecule has 1 amide bonds. The van der Waals surface area contributed by atoms with Gasteiger partial charge in [-0.15, -0.1) is 11.3 Å². The van der Waals surface area contributed by atoms with Gasteiger partial charge in [-0.05, 0) is 68.9 Å². The molecule has 3 heterocycles. The Bertz CT molecular complexity index is 1250. The number of fused-ring (bicyclic) bond motifs is 1. The molecule has 0 saturated carbocycles. The van der Waals surface area contributed by atoms with Crippen molar-refractivity contribution < 1.29 is 19.1 Å². The van der Waals surface area contributed by atoms with E-state index in [2.05, 4.69) is 15.3 Å². The van der Waals surface area contributed by atoms with Crippen molar-refractivity contribution in [2.45, 2.75) is 33.1 Å². The number of esters is 1. The molecular formula is C25H30N4O5S. The van der Waals surface area contributed by atoms with Gasteiger partial charge in [0.2, 0.25) is 5.91 Å². The summed E-state index contributed by atoms with van der Waals surface area (Å²) in [7, 11) is 0. The van der Waals surface area contributed by atoms with Gasteiger partial charge in [0, 0.05) is 5.69 Å². The Balaban J connectivity index is 1.47. The van der Waals surface area contributed by atoms with Crippen LogP contribution in [0.4, 0.5) is 5.69 Å². The second kappa shape index (κ2) is 11.5. The number of ether oxygens (including phenoxy) is 2. The first-order valence-corrected chi connectivity index (χ1v) is 12.8. The van der Waals surface area contributed by atoms with Crippen LogP contribution in [-0.2, 0) is 14.3 Å². The van der Waals surface area contributed by atoms with Crippen molar-refractivity contribution in [3.8, 4) is 17.1 Å². The lowest BCUT2D eigenvalue weighted by atomic mass is 9.97. The summed E-state index contributed by atoms with van der Waals surface area (Å²) in [5, 5.41) is 4.77. The number of rotatable bonds is 9. The highest BCUT2D eigenvalue weighted by molar-refractivity contribution is 7.17. The zero-order valence-electron chi connectivity index (χ0n) is 20.0. The average molecular weight is 499 g/mol. The fourth-order valence-electron chi connectivity index (χ4n) is 4.12. The molecule has 1 aromatic carbocycles. The molecule has 2 aromatic heterocycles. The Morgan fingerprint density at radius 2 is 2.03 bits per heavy atom. The van der Waals surface area contributed by atoms with E-state index in [-0.39, 0.29) is 29.9 Å². The van der Waals surface area contributed by atoms with E-state index in [1.54, 1.807) is 25.1 Å². The molecule has 0 aliphatic carbocycles. The van der Waals surface area contributed by atoms with Gasteiger partial charge >= 0.3 is 5.97 Å². The number of amides is 1. The highest BCUT2D eigenvalue weighted by Crippen LogP contribution is 2.31. The number of H-pyrrole nitrogens is 1. The minimum atomic E-state index is -0.206. The number of hydrogen-bond acceptors (Lipinski definition) is 8. The summed E-state index contributed by atoms with van der Waals surface area (Å²) in [6.07, 6.45) is 2.20. The summed E-state index contributed by atoms with van der Waals surface area (Å²) < 4.78 is 11.6. The molecule has 1 fully saturated rings. The number of hydrogen-bond donors (Lipinski definition) is 2. The van der Waals surface area contributed by atoms with Crippen molar-refractivity contribution in [1.29, 1.82) is 0 Å². The molecule has 3 aromatic rings. The minimum absolute atomic E-state index is 0.0947. The van der Waals surface area contributed by atoms with Crippen LogP contribution in [0.25, 0.3) is 21.6 Å². The molecule has 35 heavy (non-hydrogen) atoms. The van der Waals surface area contributed by atoms with Crippen molar-refractivity contribution in [2.24, 2.45) is 5.92 Å². The van der Waals surface area contributed by atoms with E-state index < -0.39 is 0 Å². The molecule has 186 valence electrons. The van der Waals surface area contributed by atoms with Gasteiger partial charge in [-0.2, -0.15) is 0 Å². The summed E-state index contributed by atoms with van der Waals surface area (Å²) in [6, 6.07) is 7.14. The summed E-state index contributed by atoms with van der Waals surface area (Å²) in [5.74, 6) is 0.583. The lowest BCUT2D eigenvalue weighted by Gasteiger charge is -2.30. The van der Waals surface area contributed by atoms with Crippen LogP contribution >= 0.6 is 11.3 Å². The molecule has 0 bridgehead atoms. The molecule has 1 saturated heterocycles. The normalized spacial score (nSPS) is 14.7.